The lowest BCUT2D eigenvalue weighted by Crippen LogP contribution is -2.55. The zero-order chi connectivity index (χ0) is 18.9. The van der Waals surface area contributed by atoms with E-state index in [0.29, 0.717) is 5.82 Å². The van der Waals surface area contributed by atoms with Gasteiger partial charge in [0.2, 0.25) is 0 Å². The zero-order valence-electron chi connectivity index (χ0n) is 14.4. The van der Waals surface area contributed by atoms with Gasteiger partial charge in [-0.05, 0) is 0 Å². The smallest absolute Gasteiger partial charge is 0.283 e. The molecule has 1 aliphatic rings. The molecule has 11 nitrogen and oxygen atoms in total. The fraction of sp³-hybridized carbons (Fsp3) is 0.500. The molecule has 25 heavy (non-hydrogen) atoms. The first kappa shape index (κ1) is 21.9. The number of aromatic nitrogens is 3. The second-order valence-electron chi connectivity index (χ2n) is 5.18. The van der Waals surface area contributed by atoms with E-state index in [0.717, 1.165) is 18.6 Å². The standard InChI is InChI=1S/C7H11N3O2.C6H9N3O3.CH4/c1-5-8(2)6(11)10(4)7(12)9(5)3;1-7-4(10)8(2)6(12)9(3)5(7)11;/h1H2,2-4H3;1-3H3;1H4. The molecule has 11 heteroatoms. The molecule has 140 valence electrons. The van der Waals surface area contributed by atoms with Crippen molar-refractivity contribution in [1.82, 2.24) is 28.4 Å². The number of urea groups is 2. The molecule has 0 unspecified atom stereocenters. The van der Waals surface area contributed by atoms with E-state index in [4.69, 9.17) is 0 Å². The summed E-state index contributed by atoms with van der Waals surface area (Å²) in [5, 5.41) is 0. The summed E-state index contributed by atoms with van der Waals surface area (Å²) in [5.41, 5.74) is -1.82. The van der Waals surface area contributed by atoms with Crippen molar-refractivity contribution in [2.75, 3.05) is 21.1 Å². The van der Waals surface area contributed by atoms with Crippen LogP contribution in [0.4, 0.5) is 9.59 Å². The van der Waals surface area contributed by atoms with Gasteiger partial charge in [0.15, 0.2) is 0 Å². The molecule has 2 heterocycles. The van der Waals surface area contributed by atoms with E-state index in [1.807, 2.05) is 0 Å². The molecular formula is C14H24N6O5. The molecule has 0 aromatic carbocycles. The molecule has 1 aliphatic heterocycles. The van der Waals surface area contributed by atoms with Gasteiger partial charge in [0.1, 0.15) is 5.82 Å². The molecular weight excluding hydrogens is 332 g/mol. The average molecular weight is 356 g/mol. The summed E-state index contributed by atoms with van der Waals surface area (Å²) in [6.45, 7) is 3.60. The minimum Gasteiger partial charge on any atom is -0.283 e. The minimum absolute atomic E-state index is 0. The van der Waals surface area contributed by atoms with Crippen molar-refractivity contribution in [2.45, 2.75) is 7.43 Å². The van der Waals surface area contributed by atoms with E-state index in [1.54, 1.807) is 14.1 Å². The number of hydrogen-bond acceptors (Lipinski definition) is 5. The SMILES string of the molecule is C.C=C1N(C)C(=O)N(C)C(=O)N1C.Cn1c(=O)n(C)c(=O)n(C)c1=O. The lowest BCUT2D eigenvalue weighted by Gasteiger charge is -2.36. The Hall–Kier alpha value is -3.11. The Morgan fingerprint density at radius 1 is 0.560 bits per heavy atom. The van der Waals surface area contributed by atoms with Gasteiger partial charge >= 0.3 is 29.1 Å². The van der Waals surface area contributed by atoms with Gasteiger partial charge in [-0.2, -0.15) is 0 Å². The van der Waals surface area contributed by atoms with Crippen LogP contribution in [0.3, 0.4) is 0 Å². The second-order valence-corrected chi connectivity index (χ2v) is 5.18. The van der Waals surface area contributed by atoms with Crippen molar-refractivity contribution in [3.05, 3.63) is 43.9 Å². The van der Waals surface area contributed by atoms with E-state index >= 15 is 0 Å². The molecule has 1 aromatic heterocycles. The monoisotopic (exact) mass is 356 g/mol. The first-order valence-electron chi connectivity index (χ1n) is 6.74. The topological polar surface area (TPSA) is 110 Å². The molecule has 1 aromatic rings. The third kappa shape index (κ3) is 3.70. The Bertz CT molecular complexity index is 715. The normalized spacial score (nSPS) is 14.2. The lowest BCUT2D eigenvalue weighted by atomic mass is 10.5. The number of nitrogens with zero attached hydrogens (tertiary/aromatic N) is 6. The Kier molecular flexibility index (Phi) is 6.69. The van der Waals surface area contributed by atoms with Crippen LogP contribution in [0, 0.1) is 0 Å². The Balaban J connectivity index is 0.000000443. The van der Waals surface area contributed by atoms with Crippen LogP contribution in [0.25, 0.3) is 0 Å². The van der Waals surface area contributed by atoms with Gasteiger partial charge in [0.25, 0.3) is 0 Å². The number of amides is 4. The molecule has 0 saturated carbocycles. The fourth-order valence-electron chi connectivity index (χ4n) is 1.90. The Morgan fingerprint density at radius 2 is 0.800 bits per heavy atom. The molecule has 0 N–H and O–H groups in total. The van der Waals surface area contributed by atoms with Crippen molar-refractivity contribution < 1.29 is 9.59 Å². The van der Waals surface area contributed by atoms with Crippen LogP contribution in [0.15, 0.2) is 26.8 Å². The first-order chi connectivity index (χ1) is 10.9. The fourth-order valence-corrected chi connectivity index (χ4v) is 1.90. The predicted molar refractivity (Wildman–Crippen MR) is 92.1 cm³/mol. The largest absolute Gasteiger partial charge is 0.335 e. The van der Waals surface area contributed by atoms with Crippen LogP contribution < -0.4 is 17.1 Å². The van der Waals surface area contributed by atoms with E-state index in [-0.39, 0.29) is 19.5 Å². The number of carbonyl (C=O) groups excluding carboxylic acids is 2. The molecule has 0 radical (unpaired) electrons. The number of carbonyl (C=O) groups is 2. The van der Waals surface area contributed by atoms with Gasteiger partial charge < -0.3 is 0 Å². The molecule has 0 spiro atoms. The maximum atomic E-state index is 11.2. The Morgan fingerprint density at radius 3 is 1.04 bits per heavy atom. The highest BCUT2D eigenvalue weighted by atomic mass is 16.2. The maximum Gasteiger partial charge on any atom is 0.335 e. The predicted octanol–water partition coefficient (Wildman–Crippen LogP) is -1.07. The highest BCUT2D eigenvalue weighted by molar-refractivity contribution is 5.97. The van der Waals surface area contributed by atoms with Crippen molar-refractivity contribution in [2.24, 2.45) is 21.1 Å². The summed E-state index contributed by atoms with van der Waals surface area (Å²) in [7, 11) is 8.55. The third-order valence-electron chi connectivity index (χ3n) is 3.64. The molecule has 1 fully saturated rings. The number of hydrogen-bond donors (Lipinski definition) is 0. The van der Waals surface area contributed by atoms with Crippen LogP contribution in [0.5, 0.6) is 0 Å². The highest BCUT2D eigenvalue weighted by Crippen LogP contribution is 2.15. The third-order valence-corrected chi connectivity index (χ3v) is 3.64. The second kappa shape index (κ2) is 7.64. The van der Waals surface area contributed by atoms with E-state index in [2.05, 4.69) is 6.58 Å². The van der Waals surface area contributed by atoms with Crippen LogP contribution in [0.1, 0.15) is 7.43 Å². The van der Waals surface area contributed by atoms with Gasteiger partial charge in [-0.3, -0.25) is 9.80 Å². The summed E-state index contributed by atoms with van der Waals surface area (Å²) >= 11 is 0. The van der Waals surface area contributed by atoms with Crippen molar-refractivity contribution in [1.29, 1.82) is 0 Å². The minimum atomic E-state index is -0.608. The van der Waals surface area contributed by atoms with Crippen molar-refractivity contribution in [3.63, 3.8) is 0 Å². The maximum absolute atomic E-state index is 11.2. The van der Waals surface area contributed by atoms with E-state index in [1.165, 1.54) is 38.0 Å². The van der Waals surface area contributed by atoms with E-state index in [9.17, 15) is 24.0 Å². The van der Waals surface area contributed by atoms with E-state index < -0.39 is 17.1 Å². The van der Waals surface area contributed by atoms with Gasteiger partial charge in [-0.1, -0.05) is 14.0 Å². The quantitative estimate of drug-likeness (QED) is 0.588. The molecule has 1 saturated heterocycles. The van der Waals surface area contributed by atoms with Gasteiger partial charge in [-0.15, -0.1) is 0 Å². The molecule has 4 amide bonds. The average Bonchev–Trinajstić information content (AvgIpc) is 2.58. The van der Waals surface area contributed by atoms with Crippen LogP contribution >= 0.6 is 0 Å². The number of imide groups is 1. The summed E-state index contributed by atoms with van der Waals surface area (Å²) in [4.78, 5) is 59.4. The summed E-state index contributed by atoms with van der Waals surface area (Å²) in [5.74, 6) is 0.392. The highest BCUT2D eigenvalue weighted by Gasteiger charge is 2.33. The summed E-state index contributed by atoms with van der Waals surface area (Å²) < 4.78 is 2.63. The summed E-state index contributed by atoms with van der Waals surface area (Å²) in [6.07, 6.45) is 0. The summed E-state index contributed by atoms with van der Waals surface area (Å²) in [6, 6.07) is -0.716. The van der Waals surface area contributed by atoms with Crippen LogP contribution in [-0.4, -0.2) is 61.6 Å². The molecule has 0 atom stereocenters. The van der Waals surface area contributed by atoms with Gasteiger partial charge in [-0.25, -0.2) is 42.6 Å². The van der Waals surface area contributed by atoms with Gasteiger partial charge in [0, 0.05) is 42.3 Å². The van der Waals surface area contributed by atoms with Crippen molar-refractivity contribution >= 4 is 12.1 Å². The van der Waals surface area contributed by atoms with Gasteiger partial charge in [0.05, 0.1) is 0 Å². The van der Waals surface area contributed by atoms with Crippen LogP contribution in [-0.2, 0) is 21.1 Å². The molecule has 0 bridgehead atoms. The molecule has 0 aliphatic carbocycles. The molecule has 2 rings (SSSR count). The zero-order valence-corrected chi connectivity index (χ0v) is 14.4. The Labute approximate surface area is 144 Å². The first-order valence-corrected chi connectivity index (χ1v) is 6.74. The van der Waals surface area contributed by atoms with Crippen LogP contribution in [0.2, 0.25) is 0 Å². The lowest BCUT2D eigenvalue weighted by molar-refractivity contribution is 0.134. The number of rotatable bonds is 0. The van der Waals surface area contributed by atoms with Crippen molar-refractivity contribution in [3.8, 4) is 0 Å².